The molecule has 4 nitrogen and oxygen atoms in total. The summed E-state index contributed by atoms with van der Waals surface area (Å²) in [6.07, 6.45) is 0.814. The molecule has 1 atom stereocenters. The third-order valence-corrected chi connectivity index (χ3v) is 4.03. The van der Waals surface area contributed by atoms with Crippen molar-refractivity contribution in [1.82, 2.24) is 9.78 Å². The van der Waals surface area contributed by atoms with Gasteiger partial charge in [0.15, 0.2) is 0 Å². The molecule has 21 heavy (non-hydrogen) atoms. The van der Waals surface area contributed by atoms with Crippen LogP contribution in [0.25, 0.3) is 0 Å². The zero-order valence-corrected chi connectivity index (χ0v) is 13.7. The lowest BCUT2D eigenvalue weighted by Gasteiger charge is -2.12. The van der Waals surface area contributed by atoms with Gasteiger partial charge >= 0.3 is 0 Å². The molecular formula is C16H22ClN3O. The third-order valence-electron chi connectivity index (χ3n) is 3.59. The molecule has 2 rings (SSSR count). The van der Waals surface area contributed by atoms with E-state index in [2.05, 4.69) is 11.2 Å². The Hall–Kier alpha value is -1.52. The van der Waals surface area contributed by atoms with E-state index in [0.717, 1.165) is 34.7 Å². The van der Waals surface area contributed by atoms with Crippen molar-refractivity contribution in [2.75, 3.05) is 0 Å². The number of aryl methyl sites for hydroxylation is 3. The number of ether oxygens (including phenoxy) is 1. The molecule has 0 radical (unpaired) electrons. The van der Waals surface area contributed by atoms with Crippen LogP contribution in [0, 0.1) is 6.92 Å². The summed E-state index contributed by atoms with van der Waals surface area (Å²) < 4.78 is 7.68. The monoisotopic (exact) mass is 307 g/mol. The van der Waals surface area contributed by atoms with Gasteiger partial charge < -0.3 is 10.5 Å². The van der Waals surface area contributed by atoms with Gasteiger partial charge in [-0.25, -0.2) is 0 Å². The highest BCUT2D eigenvalue weighted by atomic mass is 35.5. The highest BCUT2D eigenvalue weighted by Crippen LogP contribution is 2.25. The van der Waals surface area contributed by atoms with Gasteiger partial charge in [-0.3, -0.25) is 4.68 Å². The Labute approximate surface area is 130 Å². The van der Waals surface area contributed by atoms with E-state index in [1.54, 1.807) is 4.68 Å². The molecule has 0 saturated carbocycles. The van der Waals surface area contributed by atoms with Crippen LogP contribution in [0.4, 0.5) is 0 Å². The molecule has 0 spiro atoms. The minimum atomic E-state index is 0.0244. The smallest absolute Gasteiger partial charge is 0.131 e. The van der Waals surface area contributed by atoms with Crippen molar-refractivity contribution < 1.29 is 4.74 Å². The van der Waals surface area contributed by atoms with Crippen LogP contribution < -0.4 is 10.5 Å². The molecule has 5 heteroatoms. The van der Waals surface area contributed by atoms with Crippen molar-refractivity contribution in [3.8, 4) is 5.75 Å². The fourth-order valence-corrected chi connectivity index (χ4v) is 2.59. The predicted molar refractivity (Wildman–Crippen MR) is 85.7 cm³/mol. The van der Waals surface area contributed by atoms with Gasteiger partial charge in [0.1, 0.15) is 12.4 Å². The topological polar surface area (TPSA) is 53.1 Å². The molecule has 1 unspecified atom stereocenters. The number of nitrogens with two attached hydrogens (primary N) is 1. The molecule has 2 aromatic rings. The zero-order valence-electron chi connectivity index (χ0n) is 13.0. The van der Waals surface area contributed by atoms with Gasteiger partial charge in [-0.15, -0.1) is 0 Å². The van der Waals surface area contributed by atoms with Crippen LogP contribution in [-0.2, 0) is 20.1 Å². The lowest BCUT2D eigenvalue weighted by molar-refractivity contribution is 0.293. The average molecular weight is 308 g/mol. The maximum absolute atomic E-state index is 6.32. The molecule has 0 amide bonds. The van der Waals surface area contributed by atoms with Crippen LogP contribution in [0.2, 0.25) is 5.02 Å². The van der Waals surface area contributed by atoms with Crippen molar-refractivity contribution in [2.24, 2.45) is 12.8 Å². The van der Waals surface area contributed by atoms with Crippen molar-refractivity contribution in [2.45, 2.75) is 39.8 Å². The molecule has 0 aliphatic carbocycles. The second kappa shape index (κ2) is 6.50. The lowest BCUT2D eigenvalue weighted by Crippen LogP contribution is -2.07. The molecule has 1 aromatic carbocycles. The molecule has 1 aromatic heterocycles. The van der Waals surface area contributed by atoms with E-state index in [4.69, 9.17) is 22.1 Å². The summed E-state index contributed by atoms with van der Waals surface area (Å²) in [5, 5.41) is 5.09. The van der Waals surface area contributed by atoms with Crippen LogP contribution in [0.1, 0.15) is 42.4 Å². The number of benzene rings is 1. The second-order valence-corrected chi connectivity index (χ2v) is 5.66. The van der Waals surface area contributed by atoms with Crippen LogP contribution >= 0.6 is 11.6 Å². The summed E-state index contributed by atoms with van der Waals surface area (Å²) in [6.45, 7) is 6.43. The minimum absolute atomic E-state index is 0.0244. The zero-order chi connectivity index (χ0) is 15.6. The summed E-state index contributed by atoms with van der Waals surface area (Å²) >= 11 is 6.32. The van der Waals surface area contributed by atoms with E-state index in [-0.39, 0.29) is 6.04 Å². The number of aromatic nitrogens is 2. The first kappa shape index (κ1) is 15.9. The summed E-state index contributed by atoms with van der Waals surface area (Å²) in [7, 11) is 1.88. The van der Waals surface area contributed by atoms with E-state index in [1.165, 1.54) is 0 Å². The fourth-order valence-electron chi connectivity index (χ4n) is 2.24. The molecule has 0 saturated heterocycles. The first-order valence-corrected chi connectivity index (χ1v) is 7.51. The van der Waals surface area contributed by atoms with Gasteiger partial charge in [-0.2, -0.15) is 5.10 Å². The van der Waals surface area contributed by atoms with Gasteiger partial charge in [0.05, 0.1) is 16.4 Å². The van der Waals surface area contributed by atoms with E-state index >= 15 is 0 Å². The van der Waals surface area contributed by atoms with Crippen LogP contribution in [-0.4, -0.2) is 9.78 Å². The van der Waals surface area contributed by atoms with Crippen molar-refractivity contribution in [1.29, 1.82) is 0 Å². The van der Waals surface area contributed by atoms with Gasteiger partial charge in [-0.1, -0.05) is 30.7 Å². The molecule has 1 heterocycles. The molecule has 2 N–H and O–H groups in total. The SMILES string of the molecule is CCc1nn(C)c(COc2ccc(C(C)N)cc2C)c1Cl. The highest BCUT2D eigenvalue weighted by Gasteiger charge is 2.14. The number of halogens is 1. The largest absolute Gasteiger partial charge is 0.487 e. The number of hydrogen-bond acceptors (Lipinski definition) is 3. The van der Waals surface area contributed by atoms with E-state index in [1.807, 2.05) is 40.0 Å². The summed E-state index contributed by atoms with van der Waals surface area (Å²) in [6, 6.07) is 6.04. The average Bonchev–Trinajstić information content (AvgIpc) is 2.72. The maximum Gasteiger partial charge on any atom is 0.131 e. The normalized spacial score (nSPS) is 12.5. The van der Waals surface area contributed by atoms with Crippen LogP contribution in [0.3, 0.4) is 0 Å². The Bertz CT molecular complexity index is 635. The van der Waals surface area contributed by atoms with Gasteiger partial charge in [0.25, 0.3) is 0 Å². The molecule has 0 aliphatic heterocycles. The van der Waals surface area contributed by atoms with E-state index in [0.29, 0.717) is 11.6 Å². The summed E-state index contributed by atoms with van der Waals surface area (Å²) in [4.78, 5) is 0. The van der Waals surface area contributed by atoms with Crippen molar-refractivity contribution >= 4 is 11.6 Å². The van der Waals surface area contributed by atoms with Crippen LogP contribution in [0.15, 0.2) is 18.2 Å². The standard InChI is InChI=1S/C16H22ClN3O/c1-5-13-16(17)14(20(4)19-13)9-21-15-7-6-12(11(3)18)8-10(15)2/h6-8,11H,5,9,18H2,1-4H3. The molecule has 0 bridgehead atoms. The fraction of sp³-hybridized carbons (Fsp3) is 0.438. The first-order chi connectivity index (χ1) is 9.93. The molecular weight excluding hydrogens is 286 g/mol. The van der Waals surface area contributed by atoms with Gasteiger partial charge in [0, 0.05) is 13.1 Å². The Kier molecular flexibility index (Phi) is 4.91. The summed E-state index contributed by atoms with van der Waals surface area (Å²) in [5.74, 6) is 0.842. The number of hydrogen-bond donors (Lipinski definition) is 1. The lowest BCUT2D eigenvalue weighted by atomic mass is 10.1. The van der Waals surface area contributed by atoms with Gasteiger partial charge in [-0.05, 0) is 37.5 Å². The Morgan fingerprint density at radius 1 is 1.43 bits per heavy atom. The predicted octanol–water partition coefficient (Wildman–Crippen LogP) is 3.54. The van der Waals surface area contributed by atoms with Gasteiger partial charge in [0.2, 0.25) is 0 Å². The minimum Gasteiger partial charge on any atom is -0.487 e. The van der Waals surface area contributed by atoms with E-state index < -0.39 is 0 Å². The Morgan fingerprint density at radius 2 is 2.14 bits per heavy atom. The van der Waals surface area contributed by atoms with Crippen molar-refractivity contribution in [3.05, 3.63) is 45.7 Å². The number of nitrogens with zero attached hydrogens (tertiary/aromatic N) is 2. The number of rotatable bonds is 5. The quantitative estimate of drug-likeness (QED) is 0.919. The summed E-state index contributed by atoms with van der Waals surface area (Å²) in [5.41, 5.74) is 9.85. The molecule has 0 aliphatic rings. The Balaban J connectivity index is 2.15. The maximum atomic E-state index is 6.32. The van der Waals surface area contributed by atoms with Crippen molar-refractivity contribution in [3.63, 3.8) is 0 Å². The molecule has 0 fully saturated rings. The second-order valence-electron chi connectivity index (χ2n) is 5.29. The van der Waals surface area contributed by atoms with E-state index in [9.17, 15) is 0 Å². The van der Waals surface area contributed by atoms with Crippen LogP contribution in [0.5, 0.6) is 5.75 Å². The Morgan fingerprint density at radius 3 is 2.67 bits per heavy atom. The first-order valence-electron chi connectivity index (χ1n) is 7.13. The highest BCUT2D eigenvalue weighted by molar-refractivity contribution is 6.31. The molecule has 114 valence electrons. The third kappa shape index (κ3) is 3.39.